The number of carbonyl (C=O) groups is 2. The van der Waals surface area contributed by atoms with Crippen molar-refractivity contribution in [3.8, 4) is 0 Å². The molecular formula is C23H23FN4O2. The highest BCUT2D eigenvalue weighted by Gasteiger charge is 2.26. The van der Waals surface area contributed by atoms with Crippen LogP contribution in [0.3, 0.4) is 0 Å². The number of rotatable bonds is 5. The number of aryl methyl sites for hydroxylation is 2. The van der Waals surface area contributed by atoms with Gasteiger partial charge in [0.15, 0.2) is 5.69 Å². The summed E-state index contributed by atoms with van der Waals surface area (Å²) in [6.45, 7) is 3.92. The molecule has 2 amide bonds. The van der Waals surface area contributed by atoms with Crippen molar-refractivity contribution in [2.24, 2.45) is 0 Å². The van der Waals surface area contributed by atoms with Gasteiger partial charge in [-0.3, -0.25) is 14.3 Å². The third-order valence-corrected chi connectivity index (χ3v) is 5.14. The Kier molecular flexibility index (Phi) is 5.61. The van der Waals surface area contributed by atoms with Gasteiger partial charge in [0.25, 0.3) is 11.8 Å². The number of halogens is 1. The molecule has 1 aliphatic heterocycles. The van der Waals surface area contributed by atoms with Crippen molar-refractivity contribution >= 4 is 11.8 Å². The molecule has 1 aromatic heterocycles. The second-order valence-corrected chi connectivity index (χ2v) is 7.52. The molecule has 4 rings (SSSR count). The van der Waals surface area contributed by atoms with Crippen molar-refractivity contribution in [2.75, 3.05) is 6.54 Å². The molecule has 0 aliphatic carbocycles. The molecule has 2 heterocycles. The van der Waals surface area contributed by atoms with Crippen molar-refractivity contribution in [3.05, 3.63) is 88.5 Å². The van der Waals surface area contributed by atoms with Gasteiger partial charge < -0.3 is 10.2 Å². The number of benzene rings is 2. The maximum Gasteiger partial charge on any atom is 0.272 e. The third-order valence-electron chi connectivity index (χ3n) is 5.14. The molecule has 6 nitrogen and oxygen atoms in total. The largest absolute Gasteiger partial charge is 0.347 e. The molecule has 0 saturated carbocycles. The Morgan fingerprint density at radius 2 is 1.90 bits per heavy atom. The van der Waals surface area contributed by atoms with Crippen LogP contribution < -0.4 is 5.32 Å². The summed E-state index contributed by atoms with van der Waals surface area (Å²) < 4.78 is 14.7. The molecule has 0 saturated heterocycles. The van der Waals surface area contributed by atoms with Crippen LogP contribution in [0.25, 0.3) is 0 Å². The summed E-state index contributed by atoms with van der Waals surface area (Å²) in [5.41, 5.74) is 3.62. The molecule has 0 bridgehead atoms. The SMILES string of the molecule is Cc1cccc(CNC(=O)c2cc3n(n2)CCCN(Cc2ccc(F)cc2)C3=O)c1. The zero-order chi connectivity index (χ0) is 21.1. The first kappa shape index (κ1) is 19.8. The van der Waals surface area contributed by atoms with E-state index in [9.17, 15) is 14.0 Å². The monoisotopic (exact) mass is 406 g/mol. The van der Waals surface area contributed by atoms with Crippen LogP contribution in [0.5, 0.6) is 0 Å². The van der Waals surface area contributed by atoms with Crippen LogP contribution in [0.4, 0.5) is 4.39 Å². The average molecular weight is 406 g/mol. The van der Waals surface area contributed by atoms with Gasteiger partial charge in [0.2, 0.25) is 0 Å². The van der Waals surface area contributed by atoms with Crippen molar-refractivity contribution < 1.29 is 14.0 Å². The van der Waals surface area contributed by atoms with E-state index in [-0.39, 0.29) is 23.3 Å². The van der Waals surface area contributed by atoms with Crippen LogP contribution in [0.2, 0.25) is 0 Å². The number of hydrogen-bond acceptors (Lipinski definition) is 3. The molecule has 1 N–H and O–H groups in total. The Labute approximate surface area is 174 Å². The van der Waals surface area contributed by atoms with E-state index in [2.05, 4.69) is 10.4 Å². The standard InChI is InChI=1S/C23H23FN4O2/c1-16-4-2-5-18(12-16)14-25-22(29)20-13-21-23(30)27(10-3-11-28(21)26-20)15-17-6-8-19(24)9-7-17/h2,4-9,12-13H,3,10-11,14-15H2,1H3,(H,25,29). The molecule has 2 aromatic carbocycles. The summed E-state index contributed by atoms with van der Waals surface area (Å²) in [6.07, 6.45) is 0.728. The minimum absolute atomic E-state index is 0.179. The van der Waals surface area contributed by atoms with Crippen LogP contribution in [-0.4, -0.2) is 33.0 Å². The third kappa shape index (κ3) is 4.40. The summed E-state index contributed by atoms with van der Waals surface area (Å²) in [4.78, 5) is 27.3. The highest BCUT2D eigenvalue weighted by Crippen LogP contribution is 2.17. The van der Waals surface area contributed by atoms with Gasteiger partial charge in [-0.15, -0.1) is 0 Å². The number of fused-ring (bicyclic) bond motifs is 1. The molecule has 0 unspecified atom stereocenters. The Bertz CT molecular complexity index is 1080. The van der Waals surface area contributed by atoms with Crippen LogP contribution in [0.15, 0.2) is 54.6 Å². The number of aromatic nitrogens is 2. The van der Waals surface area contributed by atoms with E-state index < -0.39 is 0 Å². The van der Waals surface area contributed by atoms with Crippen LogP contribution in [0, 0.1) is 12.7 Å². The first-order valence-corrected chi connectivity index (χ1v) is 9.95. The van der Waals surface area contributed by atoms with Crippen LogP contribution >= 0.6 is 0 Å². The van der Waals surface area contributed by atoms with Crippen LogP contribution in [-0.2, 0) is 19.6 Å². The van der Waals surface area contributed by atoms with Crippen LogP contribution in [0.1, 0.15) is 44.1 Å². The smallest absolute Gasteiger partial charge is 0.272 e. The second-order valence-electron chi connectivity index (χ2n) is 7.52. The number of amides is 2. The van der Waals surface area contributed by atoms with E-state index in [0.29, 0.717) is 31.9 Å². The fourth-order valence-corrected chi connectivity index (χ4v) is 3.60. The van der Waals surface area contributed by atoms with Gasteiger partial charge in [-0.1, -0.05) is 42.0 Å². The minimum atomic E-state index is -0.310. The van der Waals surface area contributed by atoms with Crippen molar-refractivity contribution in [2.45, 2.75) is 33.0 Å². The lowest BCUT2D eigenvalue weighted by atomic mass is 10.1. The van der Waals surface area contributed by atoms with Gasteiger partial charge in [-0.25, -0.2) is 4.39 Å². The quantitative estimate of drug-likeness (QED) is 0.707. The summed E-state index contributed by atoms with van der Waals surface area (Å²) >= 11 is 0. The fourth-order valence-electron chi connectivity index (χ4n) is 3.60. The van der Waals surface area contributed by atoms with Crippen molar-refractivity contribution in [1.29, 1.82) is 0 Å². The minimum Gasteiger partial charge on any atom is -0.347 e. The predicted octanol–water partition coefficient (Wildman–Crippen LogP) is 3.31. The normalized spacial score (nSPS) is 13.7. The summed E-state index contributed by atoms with van der Waals surface area (Å²) in [5.74, 6) is -0.794. The molecule has 7 heteroatoms. The zero-order valence-electron chi connectivity index (χ0n) is 16.8. The maximum atomic E-state index is 13.1. The Morgan fingerprint density at radius 3 is 2.67 bits per heavy atom. The first-order valence-electron chi connectivity index (χ1n) is 9.95. The Hall–Kier alpha value is -3.48. The average Bonchev–Trinajstić information content (AvgIpc) is 3.11. The molecule has 0 atom stereocenters. The van der Waals surface area contributed by atoms with Gasteiger partial charge in [0.1, 0.15) is 11.5 Å². The molecule has 154 valence electrons. The molecule has 0 spiro atoms. The van der Waals surface area contributed by atoms with E-state index in [1.807, 2.05) is 31.2 Å². The van der Waals surface area contributed by atoms with E-state index >= 15 is 0 Å². The number of carbonyl (C=O) groups excluding carboxylic acids is 2. The highest BCUT2D eigenvalue weighted by atomic mass is 19.1. The van der Waals surface area contributed by atoms with Gasteiger partial charge in [0.05, 0.1) is 0 Å². The summed E-state index contributed by atoms with van der Waals surface area (Å²) in [6, 6.07) is 15.6. The molecular weight excluding hydrogens is 383 g/mol. The van der Waals surface area contributed by atoms with E-state index in [0.717, 1.165) is 23.1 Å². The lowest BCUT2D eigenvalue weighted by Gasteiger charge is -2.20. The Morgan fingerprint density at radius 1 is 1.10 bits per heavy atom. The lowest BCUT2D eigenvalue weighted by Crippen LogP contribution is -2.30. The molecule has 0 radical (unpaired) electrons. The van der Waals surface area contributed by atoms with E-state index in [4.69, 9.17) is 0 Å². The molecule has 3 aromatic rings. The Balaban J connectivity index is 1.46. The van der Waals surface area contributed by atoms with Gasteiger partial charge in [0, 0.05) is 32.2 Å². The number of nitrogens with zero attached hydrogens (tertiary/aromatic N) is 3. The highest BCUT2D eigenvalue weighted by molar-refractivity contribution is 5.98. The summed E-state index contributed by atoms with van der Waals surface area (Å²) in [5, 5.41) is 7.21. The summed E-state index contributed by atoms with van der Waals surface area (Å²) in [7, 11) is 0. The first-order chi connectivity index (χ1) is 14.5. The van der Waals surface area contributed by atoms with Gasteiger partial charge >= 0.3 is 0 Å². The van der Waals surface area contributed by atoms with Crippen molar-refractivity contribution in [1.82, 2.24) is 20.0 Å². The zero-order valence-corrected chi connectivity index (χ0v) is 16.8. The predicted molar refractivity (Wildman–Crippen MR) is 110 cm³/mol. The molecule has 0 fully saturated rings. The topological polar surface area (TPSA) is 67.2 Å². The fraction of sp³-hybridized carbons (Fsp3) is 0.261. The van der Waals surface area contributed by atoms with Crippen molar-refractivity contribution in [3.63, 3.8) is 0 Å². The van der Waals surface area contributed by atoms with E-state index in [1.54, 1.807) is 27.8 Å². The van der Waals surface area contributed by atoms with Gasteiger partial charge in [-0.2, -0.15) is 5.10 Å². The molecule has 1 aliphatic rings. The lowest BCUT2D eigenvalue weighted by molar-refractivity contribution is 0.0745. The number of nitrogens with one attached hydrogen (secondary N) is 1. The maximum absolute atomic E-state index is 13.1. The van der Waals surface area contributed by atoms with Gasteiger partial charge in [-0.05, 0) is 36.6 Å². The number of hydrogen-bond donors (Lipinski definition) is 1. The van der Waals surface area contributed by atoms with E-state index in [1.165, 1.54) is 12.1 Å². The second kappa shape index (κ2) is 8.49. The molecule has 30 heavy (non-hydrogen) atoms.